The van der Waals surface area contributed by atoms with Gasteiger partial charge in [0.1, 0.15) is 12.4 Å². The van der Waals surface area contributed by atoms with Gasteiger partial charge in [-0.15, -0.1) is 0 Å². The number of Topliss-reactive ketones (excluding diaryl/α,β-unsaturated/α-hetero) is 1. The number of ether oxygens (including phenoxy) is 2. The molecule has 0 saturated carbocycles. The summed E-state index contributed by atoms with van der Waals surface area (Å²) < 4.78 is 12.3. The second-order valence-corrected chi connectivity index (χ2v) is 10.7. The molecule has 1 N–H and O–H groups in total. The molecule has 3 aromatic rings. The zero-order valence-electron chi connectivity index (χ0n) is 20.0. The van der Waals surface area contributed by atoms with Gasteiger partial charge >= 0.3 is 5.97 Å². The number of dihydropyridines is 1. The minimum absolute atomic E-state index is 0.0925. The van der Waals surface area contributed by atoms with Crippen molar-refractivity contribution in [2.75, 3.05) is 6.61 Å². The third-order valence-corrected chi connectivity index (χ3v) is 7.86. The van der Waals surface area contributed by atoms with Crippen LogP contribution in [0.1, 0.15) is 46.8 Å². The first-order valence-electron chi connectivity index (χ1n) is 11.7. The number of hydrogen-bond acceptors (Lipinski definition) is 5. The molecule has 0 saturated heterocycles. The van der Waals surface area contributed by atoms with E-state index in [2.05, 4.69) is 27.9 Å². The van der Waals surface area contributed by atoms with Crippen molar-refractivity contribution in [3.05, 3.63) is 113 Å². The Morgan fingerprint density at radius 1 is 1.05 bits per heavy atom. The topological polar surface area (TPSA) is 64.6 Å². The number of rotatable bonds is 6. The van der Waals surface area contributed by atoms with E-state index in [9.17, 15) is 9.59 Å². The van der Waals surface area contributed by atoms with Crippen LogP contribution in [-0.2, 0) is 16.1 Å². The first-order valence-corrected chi connectivity index (χ1v) is 13.5. The van der Waals surface area contributed by atoms with Gasteiger partial charge < -0.3 is 14.8 Å². The monoisotopic (exact) mass is 645 g/mol. The summed E-state index contributed by atoms with van der Waals surface area (Å²) >= 11 is 14.5. The number of fused-ring (bicyclic) bond motifs is 2. The summed E-state index contributed by atoms with van der Waals surface area (Å²) in [7, 11) is 0. The summed E-state index contributed by atoms with van der Waals surface area (Å²) in [5.74, 6) is -0.452. The maximum Gasteiger partial charge on any atom is 0.336 e. The van der Waals surface area contributed by atoms with E-state index in [1.54, 1.807) is 19.1 Å². The number of carbonyl (C=O) groups is 2. The highest BCUT2D eigenvalue weighted by Gasteiger charge is 2.43. The van der Waals surface area contributed by atoms with Crippen LogP contribution in [0.15, 0.2) is 77.5 Å². The molecule has 0 spiro atoms. The molecule has 8 heteroatoms. The smallest absolute Gasteiger partial charge is 0.336 e. The third kappa shape index (κ3) is 4.78. The molecule has 0 bridgehead atoms. The van der Waals surface area contributed by atoms with E-state index < -0.39 is 11.9 Å². The SMILES string of the molecule is CCOC(=O)C1=C(C)NC2=C(C(=O)c3ccccc32)[C@H]1c1ccc(OCc2ccc(Cl)cc2Cl)c(I)c1. The molecule has 3 aromatic carbocycles. The number of carbonyl (C=O) groups excluding carboxylic acids is 2. The zero-order chi connectivity index (χ0) is 26.3. The number of allylic oxidation sites excluding steroid dienone is 2. The van der Waals surface area contributed by atoms with E-state index >= 15 is 0 Å². The summed E-state index contributed by atoms with van der Waals surface area (Å²) in [5, 5.41) is 4.41. The van der Waals surface area contributed by atoms with Crippen molar-refractivity contribution in [1.82, 2.24) is 5.32 Å². The Balaban J connectivity index is 1.53. The molecule has 0 fully saturated rings. The van der Waals surface area contributed by atoms with Gasteiger partial charge in [0.25, 0.3) is 0 Å². The van der Waals surface area contributed by atoms with E-state index in [-0.39, 0.29) is 19.0 Å². The number of esters is 1. The van der Waals surface area contributed by atoms with Crippen LogP contribution in [0.4, 0.5) is 0 Å². The lowest BCUT2D eigenvalue weighted by molar-refractivity contribution is -0.138. The fraction of sp³-hybridized carbons (Fsp3) is 0.172. The average Bonchev–Trinajstić information content (AvgIpc) is 3.15. The molecule has 0 aromatic heterocycles. The molecule has 5 nitrogen and oxygen atoms in total. The Labute approximate surface area is 238 Å². The van der Waals surface area contributed by atoms with Crippen LogP contribution >= 0.6 is 45.8 Å². The van der Waals surface area contributed by atoms with Crippen molar-refractivity contribution in [2.24, 2.45) is 0 Å². The van der Waals surface area contributed by atoms with E-state index in [4.69, 9.17) is 32.7 Å². The van der Waals surface area contributed by atoms with E-state index in [1.165, 1.54) is 0 Å². The van der Waals surface area contributed by atoms with Crippen LogP contribution < -0.4 is 10.1 Å². The molecular formula is C29H22Cl2INO4. The van der Waals surface area contributed by atoms with Gasteiger partial charge in [-0.05, 0) is 66.3 Å². The lowest BCUT2D eigenvalue weighted by atomic mass is 9.80. The Morgan fingerprint density at radius 3 is 2.51 bits per heavy atom. The Hall–Kier alpha value is -2.81. The van der Waals surface area contributed by atoms with Crippen molar-refractivity contribution in [1.29, 1.82) is 0 Å². The minimum atomic E-state index is -0.580. The van der Waals surface area contributed by atoms with Crippen LogP contribution in [0, 0.1) is 3.57 Å². The summed E-state index contributed by atoms with van der Waals surface area (Å²) in [6.07, 6.45) is 0. The lowest BCUT2D eigenvalue weighted by Gasteiger charge is -2.29. The van der Waals surface area contributed by atoms with Crippen LogP contribution in [0.2, 0.25) is 10.0 Å². The first kappa shape index (κ1) is 25.8. The van der Waals surface area contributed by atoms with Crippen LogP contribution in [0.25, 0.3) is 5.70 Å². The summed E-state index contributed by atoms with van der Waals surface area (Å²) in [6.45, 7) is 4.12. The van der Waals surface area contributed by atoms with Crippen molar-refractivity contribution >= 4 is 63.2 Å². The standard InChI is InChI=1S/C29H22Cl2INO4/c1-3-36-29(35)24-15(2)33-27-19-6-4-5-7-20(19)28(34)26(27)25(24)16-9-11-23(22(32)12-16)37-14-17-8-10-18(30)13-21(17)31/h4-13,25,33H,3,14H2,1-2H3/t25-/m0/s1. The highest BCUT2D eigenvalue weighted by Crippen LogP contribution is 2.47. The van der Waals surface area contributed by atoms with E-state index in [0.29, 0.717) is 38.2 Å². The summed E-state index contributed by atoms with van der Waals surface area (Å²) in [6, 6.07) is 18.5. The molecule has 0 unspecified atom stereocenters. The number of nitrogens with one attached hydrogen (secondary N) is 1. The molecule has 2 aliphatic rings. The summed E-state index contributed by atoms with van der Waals surface area (Å²) in [4.78, 5) is 26.7. The van der Waals surface area contributed by atoms with Crippen LogP contribution in [-0.4, -0.2) is 18.4 Å². The maximum atomic E-state index is 13.6. The first-order chi connectivity index (χ1) is 17.8. The van der Waals surface area contributed by atoms with Gasteiger partial charge in [-0.1, -0.05) is 59.6 Å². The summed E-state index contributed by atoms with van der Waals surface area (Å²) in [5.41, 5.74) is 5.46. The van der Waals surface area contributed by atoms with Gasteiger partial charge in [-0.3, -0.25) is 4.79 Å². The van der Waals surface area contributed by atoms with Crippen molar-refractivity contribution < 1.29 is 19.1 Å². The molecule has 0 radical (unpaired) electrons. The molecule has 5 rings (SSSR count). The van der Waals surface area contributed by atoms with E-state index in [0.717, 1.165) is 26.0 Å². The fourth-order valence-electron chi connectivity index (χ4n) is 4.75. The number of benzene rings is 3. The Bertz CT molecular complexity index is 1510. The fourth-order valence-corrected chi connectivity index (χ4v) is 5.91. The second kappa shape index (κ2) is 10.5. The Morgan fingerprint density at radius 2 is 1.81 bits per heavy atom. The molecule has 1 atom stereocenters. The molecule has 1 aliphatic heterocycles. The number of hydrogen-bond donors (Lipinski definition) is 1. The van der Waals surface area contributed by atoms with Crippen molar-refractivity contribution in [2.45, 2.75) is 26.4 Å². The molecule has 1 heterocycles. The average molecular weight is 646 g/mol. The van der Waals surface area contributed by atoms with Gasteiger partial charge in [0.15, 0.2) is 5.78 Å². The van der Waals surface area contributed by atoms with Gasteiger partial charge in [0, 0.05) is 43.9 Å². The zero-order valence-corrected chi connectivity index (χ0v) is 23.7. The number of halogens is 3. The van der Waals surface area contributed by atoms with Gasteiger partial charge in [-0.25, -0.2) is 4.79 Å². The quantitative estimate of drug-likeness (QED) is 0.225. The molecule has 188 valence electrons. The van der Waals surface area contributed by atoms with Gasteiger partial charge in [-0.2, -0.15) is 0 Å². The normalized spacial score (nSPS) is 16.4. The molecule has 1 aliphatic carbocycles. The maximum absolute atomic E-state index is 13.6. The molecule has 37 heavy (non-hydrogen) atoms. The number of ketones is 1. The highest BCUT2D eigenvalue weighted by atomic mass is 127. The van der Waals surface area contributed by atoms with Crippen molar-refractivity contribution in [3.63, 3.8) is 0 Å². The Kier molecular flexibility index (Phi) is 7.34. The largest absolute Gasteiger partial charge is 0.488 e. The second-order valence-electron chi connectivity index (χ2n) is 8.69. The van der Waals surface area contributed by atoms with Crippen LogP contribution in [0.3, 0.4) is 0 Å². The predicted molar refractivity (Wildman–Crippen MR) is 153 cm³/mol. The van der Waals surface area contributed by atoms with Crippen molar-refractivity contribution in [3.8, 4) is 5.75 Å². The van der Waals surface area contributed by atoms with E-state index in [1.807, 2.05) is 55.5 Å². The van der Waals surface area contributed by atoms with Gasteiger partial charge in [0.2, 0.25) is 0 Å². The van der Waals surface area contributed by atoms with Crippen LogP contribution in [0.5, 0.6) is 5.75 Å². The highest BCUT2D eigenvalue weighted by molar-refractivity contribution is 14.1. The predicted octanol–water partition coefficient (Wildman–Crippen LogP) is 7.31. The minimum Gasteiger partial charge on any atom is -0.488 e. The molecule has 0 amide bonds. The van der Waals surface area contributed by atoms with Gasteiger partial charge in [0.05, 0.1) is 21.4 Å². The molecular weight excluding hydrogens is 624 g/mol. The third-order valence-electron chi connectivity index (χ3n) is 6.43. The lowest BCUT2D eigenvalue weighted by Crippen LogP contribution is -2.29.